The Kier molecular flexibility index (Phi) is 6.37. The summed E-state index contributed by atoms with van der Waals surface area (Å²) < 4.78 is 25.0. The molecule has 0 aromatic heterocycles. The zero-order valence-electron chi connectivity index (χ0n) is 10.1. The summed E-state index contributed by atoms with van der Waals surface area (Å²) in [6.45, 7) is 6.76. The summed E-state index contributed by atoms with van der Waals surface area (Å²) in [6.07, 6.45) is 1.55. The van der Waals surface area contributed by atoms with Crippen LogP contribution in [0.3, 0.4) is 0 Å². The van der Waals surface area contributed by atoms with Crippen LogP contribution in [0.2, 0.25) is 0 Å². The molecule has 3 nitrogen and oxygen atoms in total. The number of hydrogen-bond acceptors (Lipinski definition) is 2. The summed E-state index contributed by atoms with van der Waals surface area (Å²) in [5, 5.41) is 0.839. The summed E-state index contributed by atoms with van der Waals surface area (Å²) in [7, 11) is -1.40. The maximum Gasteiger partial charge on any atom is 0.213 e. The van der Waals surface area contributed by atoms with E-state index in [2.05, 4.69) is 36.7 Å². The van der Waals surface area contributed by atoms with Crippen LogP contribution in [-0.2, 0) is 10.0 Å². The molecular weight excluding hydrogens is 278 g/mol. The molecule has 0 aromatic rings. The predicted octanol–water partition coefficient (Wildman–Crippen LogP) is 2.47. The molecule has 0 radical (unpaired) electrons. The van der Waals surface area contributed by atoms with Crippen LogP contribution in [0.4, 0.5) is 0 Å². The zero-order valence-corrected chi connectivity index (χ0v) is 12.5. The van der Waals surface area contributed by atoms with E-state index in [1.54, 1.807) is 7.05 Å². The second-order valence-corrected chi connectivity index (χ2v) is 7.98. The van der Waals surface area contributed by atoms with Gasteiger partial charge < -0.3 is 0 Å². The van der Waals surface area contributed by atoms with Crippen molar-refractivity contribution in [3.63, 3.8) is 0 Å². The van der Waals surface area contributed by atoms with Crippen molar-refractivity contribution in [1.29, 1.82) is 0 Å². The smallest absolute Gasteiger partial charge is 0.212 e. The molecule has 0 N–H and O–H groups in total. The fourth-order valence-corrected chi connectivity index (χ4v) is 2.85. The van der Waals surface area contributed by atoms with Gasteiger partial charge in [-0.25, -0.2) is 12.7 Å². The number of halogens is 1. The fraction of sp³-hybridized carbons (Fsp3) is 1.00. The van der Waals surface area contributed by atoms with Crippen LogP contribution in [0.25, 0.3) is 0 Å². The van der Waals surface area contributed by atoms with E-state index in [1.807, 2.05) is 0 Å². The Labute approximate surface area is 102 Å². The van der Waals surface area contributed by atoms with Crippen molar-refractivity contribution in [2.45, 2.75) is 33.6 Å². The van der Waals surface area contributed by atoms with Crippen molar-refractivity contribution in [3.05, 3.63) is 0 Å². The first kappa shape index (κ1) is 15.4. The quantitative estimate of drug-likeness (QED) is 0.707. The van der Waals surface area contributed by atoms with Crippen molar-refractivity contribution >= 4 is 26.0 Å². The van der Waals surface area contributed by atoms with E-state index in [4.69, 9.17) is 0 Å². The molecule has 0 aliphatic carbocycles. The van der Waals surface area contributed by atoms with Gasteiger partial charge >= 0.3 is 0 Å². The maximum atomic E-state index is 11.8. The van der Waals surface area contributed by atoms with Crippen LogP contribution in [-0.4, -0.2) is 37.4 Å². The number of rotatable bonds is 6. The van der Waals surface area contributed by atoms with E-state index in [9.17, 15) is 8.42 Å². The third kappa shape index (κ3) is 7.30. The molecule has 0 saturated heterocycles. The normalized spacial score (nSPS) is 13.5. The molecule has 0 unspecified atom stereocenters. The second-order valence-electron chi connectivity index (χ2n) is 4.99. The van der Waals surface area contributed by atoms with Crippen LogP contribution >= 0.6 is 15.9 Å². The number of nitrogens with zero attached hydrogens (tertiary/aromatic N) is 1. The Morgan fingerprint density at radius 3 is 2.20 bits per heavy atom. The topological polar surface area (TPSA) is 37.4 Å². The lowest BCUT2D eigenvalue weighted by Crippen LogP contribution is -2.31. The first-order valence-electron chi connectivity index (χ1n) is 5.19. The Morgan fingerprint density at radius 2 is 1.80 bits per heavy atom. The second kappa shape index (κ2) is 6.21. The van der Waals surface area contributed by atoms with Crippen molar-refractivity contribution < 1.29 is 8.42 Å². The molecule has 0 rings (SSSR count). The lowest BCUT2D eigenvalue weighted by atomic mass is 9.94. The van der Waals surface area contributed by atoms with Crippen molar-refractivity contribution in [2.75, 3.05) is 24.7 Å². The average molecular weight is 300 g/mol. The monoisotopic (exact) mass is 299 g/mol. The molecule has 92 valence electrons. The maximum absolute atomic E-state index is 11.8. The molecule has 5 heteroatoms. The third-order valence-electron chi connectivity index (χ3n) is 2.19. The van der Waals surface area contributed by atoms with E-state index >= 15 is 0 Å². The van der Waals surface area contributed by atoms with Crippen LogP contribution < -0.4 is 0 Å². The molecular formula is C10H22BrNO2S. The lowest BCUT2D eigenvalue weighted by molar-refractivity contribution is 0.389. The van der Waals surface area contributed by atoms with Crippen molar-refractivity contribution in [1.82, 2.24) is 4.31 Å². The predicted molar refractivity (Wildman–Crippen MR) is 68.9 cm³/mol. The standard InChI is InChI=1S/C10H22BrNO2S/c1-10(2,3)6-9-15(13,14)12(4)8-5-7-11/h5-9H2,1-4H3. The highest BCUT2D eigenvalue weighted by molar-refractivity contribution is 9.09. The molecule has 0 fully saturated rings. The summed E-state index contributed by atoms with van der Waals surface area (Å²) in [4.78, 5) is 0. The van der Waals surface area contributed by atoms with Gasteiger partial charge in [0, 0.05) is 18.9 Å². The van der Waals surface area contributed by atoms with Gasteiger partial charge in [-0.15, -0.1) is 0 Å². The molecule has 0 bridgehead atoms. The van der Waals surface area contributed by atoms with Gasteiger partial charge in [-0.3, -0.25) is 0 Å². The number of sulfonamides is 1. The molecule has 0 aromatic carbocycles. The summed E-state index contributed by atoms with van der Waals surface area (Å²) in [6, 6.07) is 0. The Bertz CT molecular complexity index is 270. The van der Waals surface area contributed by atoms with E-state index in [-0.39, 0.29) is 11.2 Å². The zero-order chi connectivity index (χ0) is 12.1. The van der Waals surface area contributed by atoms with E-state index in [0.717, 1.165) is 11.8 Å². The van der Waals surface area contributed by atoms with Gasteiger partial charge in [-0.2, -0.15) is 0 Å². The Hall–Kier alpha value is 0.390. The van der Waals surface area contributed by atoms with Gasteiger partial charge in [0.1, 0.15) is 0 Å². The molecule has 0 atom stereocenters. The van der Waals surface area contributed by atoms with Gasteiger partial charge in [0.15, 0.2) is 0 Å². The molecule has 15 heavy (non-hydrogen) atoms. The molecule has 0 spiro atoms. The van der Waals surface area contributed by atoms with Crippen molar-refractivity contribution in [2.24, 2.45) is 5.41 Å². The highest BCUT2D eigenvalue weighted by Gasteiger charge is 2.20. The van der Waals surface area contributed by atoms with E-state index < -0.39 is 10.0 Å². The SMILES string of the molecule is CN(CCCBr)S(=O)(=O)CCC(C)(C)C. The minimum absolute atomic E-state index is 0.0728. The fourth-order valence-electron chi connectivity index (χ4n) is 1.01. The van der Waals surface area contributed by atoms with Crippen LogP contribution in [0.15, 0.2) is 0 Å². The first-order valence-corrected chi connectivity index (χ1v) is 7.92. The third-order valence-corrected chi connectivity index (χ3v) is 4.60. The van der Waals surface area contributed by atoms with Gasteiger partial charge in [0.05, 0.1) is 5.75 Å². The highest BCUT2D eigenvalue weighted by atomic mass is 79.9. The number of alkyl halides is 1. The molecule has 0 aliphatic heterocycles. The molecule has 0 heterocycles. The summed E-state index contributed by atoms with van der Waals surface area (Å²) >= 11 is 3.29. The van der Waals surface area contributed by atoms with Crippen LogP contribution in [0.5, 0.6) is 0 Å². The highest BCUT2D eigenvalue weighted by Crippen LogP contribution is 2.20. The molecule has 0 aliphatic rings. The van der Waals surface area contributed by atoms with Gasteiger partial charge in [-0.05, 0) is 18.3 Å². The largest absolute Gasteiger partial charge is 0.213 e. The lowest BCUT2D eigenvalue weighted by Gasteiger charge is -2.21. The van der Waals surface area contributed by atoms with Gasteiger partial charge in [0.2, 0.25) is 10.0 Å². The number of hydrogen-bond donors (Lipinski definition) is 0. The van der Waals surface area contributed by atoms with Crippen molar-refractivity contribution in [3.8, 4) is 0 Å². The summed E-state index contributed by atoms with van der Waals surface area (Å²) in [5.74, 6) is 0.245. The van der Waals surface area contributed by atoms with Crippen LogP contribution in [0, 0.1) is 5.41 Å². The molecule has 0 saturated carbocycles. The minimum Gasteiger partial charge on any atom is -0.212 e. The van der Waals surface area contributed by atoms with E-state index in [1.165, 1.54) is 4.31 Å². The van der Waals surface area contributed by atoms with E-state index in [0.29, 0.717) is 13.0 Å². The molecule has 0 amide bonds. The average Bonchev–Trinajstić information content (AvgIpc) is 2.10. The van der Waals surface area contributed by atoms with Gasteiger partial charge in [-0.1, -0.05) is 36.7 Å². The minimum atomic E-state index is -3.05. The van der Waals surface area contributed by atoms with Gasteiger partial charge in [0.25, 0.3) is 0 Å². The van der Waals surface area contributed by atoms with Crippen LogP contribution in [0.1, 0.15) is 33.6 Å². The Morgan fingerprint density at radius 1 is 1.27 bits per heavy atom. The summed E-state index contributed by atoms with van der Waals surface area (Å²) in [5.41, 5.74) is 0.0728. The Balaban J connectivity index is 4.18. The first-order chi connectivity index (χ1) is 6.69.